The Morgan fingerprint density at radius 2 is 2.17 bits per heavy atom. The van der Waals surface area contributed by atoms with Gasteiger partial charge in [-0.25, -0.2) is 4.98 Å². The van der Waals surface area contributed by atoms with Crippen molar-refractivity contribution in [3.8, 4) is 0 Å². The average molecular weight is 280 g/mol. The zero-order chi connectivity index (χ0) is 13.3. The van der Waals surface area contributed by atoms with E-state index in [0.29, 0.717) is 18.9 Å². The first-order chi connectivity index (χ1) is 8.38. The molecule has 1 aliphatic rings. The summed E-state index contributed by atoms with van der Waals surface area (Å²) in [6.07, 6.45) is -1.82. The molecule has 7 heteroatoms. The summed E-state index contributed by atoms with van der Waals surface area (Å²) in [6.45, 7) is 1.28. The number of hydrogen-bond acceptors (Lipinski definition) is 3. The minimum atomic E-state index is -4.42. The first kappa shape index (κ1) is 13.4. The molecule has 1 saturated heterocycles. The number of alkyl halides is 3. The van der Waals surface area contributed by atoms with E-state index in [1.165, 1.54) is 0 Å². The van der Waals surface area contributed by atoms with Crippen LogP contribution < -0.4 is 10.6 Å². The highest BCUT2D eigenvalue weighted by molar-refractivity contribution is 6.33. The molecule has 0 amide bonds. The lowest BCUT2D eigenvalue weighted by Crippen LogP contribution is -2.43. The maximum absolute atomic E-state index is 12.5. The predicted molar refractivity (Wildman–Crippen MR) is 63.7 cm³/mol. The van der Waals surface area contributed by atoms with Crippen molar-refractivity contribution >= 4 is 17.4 Å². The van der Waals surface area contributed by atoms with E-state index >= 15 is 0 Å². The fourth-order valence-corrected chi connectivity index (χ4v) is 2.31. The number of piperidine rings is 1. The van der Waals surface area contributed by atoms with Crippen LogP contribution in [0.25, 0.3) is 0 Å². The number of nitrogens with two attached hydrogens (primary N) is 1. The zero-order valence-corrected chi connectivity index (χ0v) is 10.3. The normalized spacial score (nSPS) is 21.2. The highest BCUT2D eigenvalue weighted by Crippen LogP contribution is 2.34. The molecular weight excluding hydrogens is 267 g/mol. The molecule has 18 heavy (non-hydrogen) atoms. The van der Waals surface area contributed by atoms with E-state index in [1.807, 2.05) is 4.90 Å². The Balaban J connectivity index is 2.24. The van der Waals surface area contributed by atoms with Crippen LogP contribution in [0.15, 0.2) is 12.3 Å². The molecule has 1 aliphatic heterocycles. The first-order valence-corrected chi connectivity index (χ1v) is 5.99. The van der Waals surface area contributed by atoms with Gasteiger partial charge in [-0.1, -0.05) is 11.6 Å². The maximum atomic E-state index is 12.5. The number of pyridine rings is 1. The standard InChI is InChI=1S/C11H13ClF3N3/c12-9-4-7(11(13,14)15)5-17-10(9)18-3-1-2-8(16)6-18/h4-5,8H,1-3,6,16H2/t8-/m1/s1. The molecule has 1 fully saturated rings. The van der Waals surface area contributed by atoms with E-state index in [1.54, 1.807) is 0 Å². The average Bonchev–Trinajstić information content (AvgIpc) is 2.27. The van der Waals surface area contributed by atoms with Crippen molar-refractivity contribution in [1.29, 1.82) is 0 Å². The van der Waals surface area contributed by atoms with Gasteiger partial charge in [0.25, 0.3) is 0 Å². The Morgan fingerprint density at radius 1 is 1.44 bits per heavy atom. The summed E-state index contributed by atoms with van der Waals surface area (Å²) in [5.41, 5.74) is 4.98. The van der Waals surface area contributed by atoms with Crippen LogP contribution in [-0.4, -0.2) is 24.1 Å². The molecule has 0 unspecified atom stereocenters. The highest BCUT2D eigenvalue weighted by atomic mass is 35.5. The van der Waals surface area contributed by atoms with Gasteiger partial charge in [-0.05, 0) is 18.9 Å². The van der Waals surface area contributed by atoms with Crippen LogP contribution in [0.2, 0.25) is 5.02 Å². The highest BCUT2D eigenvalue weighted by Gasteiger charge is 2.32. The fourth-order valence-electron chi connectivity index (χ4n) is 2.02. The molecule has 1 aromatic rings. The van der Waals surface area contributed by atoms with Gasteiger partial charge in [-0.3, -0.25) is 0 Å². The zero-order valence-electron chi connectivity index (χ0n) is 9.54. The van der Waals surface area contributed by atoms with Gasteiger partial charge in [0.1, 0.15) is 5.82 Å². The van der Waals surface area contributed by atoms with Crippen LogP contribution in [-0.2, 0) is 6.18 Å². The second-order valence-corrected chi connectivity index (χ2v) is 4.78. The quantitative estimate of drug-likeness (QED) is 0.859. The summed E-state index contributed by atoms with van der Waals surface area (Å²) in [7, 11) is 0. The van der Waals surface area contributed by atoms with Gasteiger partial charge in [-0.2, -0.15) is 13.2 Å². The minimum absolute atomic E-state index is 0.0129. The Bertz CT molecular complexity index is 436. The summed E-state index contributed by atoms with van der Waals surface area (Å²) in [5, 5.41) is 0.0129. The number of hydrogen-bond donors (Lipinski definition) is 1. The van der Waals surface area contributed by atoms with Gasteiger partial charge in [0, 0.05) is 25.3 Å². The Labute approximate surface area is 108 Å². The van der Waals surface area contributed by atoms with Crippen molar-refractivity contribution in [2.75, 3.05) is 18.0 Å². The second-order valence-electron chi connectivity index (χ2n) is 4.38. The second kappa shape index (κ2) is 4.93. The third-order valence-electron chi connectivity index (χ3n) is 2.91. The van der Waals surface area contributed by atoms with Gasteiger partial charge in [0.2, 0.25) is 0 Å². The molecule has 0 aromatic carbocycles. The molecular formula is C11H13ClF3N3. The molecule has 100 valence electrons. The fraction of sp³-hybridized carbons (Fsp3) is 0.545. The molecule has 0 saturated carbocycles. The van der Waals surface area contributed by atoms with Gasteiger partial charge in [0.05, 0.1) is 10.6 Å². The molecule has 2 heterocycles. The van der Waals surface area contributed by atoms with Crippen molar-refractivity contribution in [2.45, 2.75) is 25.1 Å². The van der Waals surface area contributed by atoms with Gasteiger partial charge in [-0.15, -0.1) is 0 Å². The van der Waals surface area contributed by atoms with Crippen molar-refractivity contribution in [3.63, 3.8) is 0 Å². The summed E-state index contributed by atoms with van der Waals surface area (Å²) in [5.74, 6) is 0.375. The number of nitrogens with zero attached hydrogens (tertiary/aromatic N) is 2. The third-order valence-corrected chi connectivity index (χ3v) is 3.18. The maximum Gasteiger partial charge on any atom is 0.417 e. The van der Waals surface area contributed by atoms with Gasteiger partial charge >= 0.3 is 6.18 Å². The topological polar surface area (TPSA) is 42.1 Å². The van der Waals surface area contributed by atoms with Crippen LogP contribution in [0.4, 0.5) is 19.0 Å². The van der Waals surface area contributed by atoms with Crippen molar-refractivity contribution in [2.24, 2.45) is 5.73 Å². The van der Waals surface area contributed by atoms with Crippen molar-refractivity contribution in [3.05, 3.63) is 22.8 Å². The van der Waals surface area contributed by atoms with E-state index < -0.39 is 11.7 Å². The minimum Gasteiger partial charge on any atom is -0.354 e. The lowest BCUT2D eigenvalue weighted by molar-refractivity contribution is -0.137. The van der Waals surface area contributed by atoms with Crippen LogP contribution in [0.5, 0.6) is 0 Å². The summed E-state index contributed by atoms with van der Waals surface area (Å²) in [6, 6.07) is 0.920. The molecule has 1 aromatic heterocycles. The van der Waals surface area contributed by atoms with E-state index in [2.05, 4.69) is 4.98 Å². The smallest absolute Gasteiger partial charge is 0.354 e. The molecule has 2 N–H and O–H groups in total. The Hall–Kier alpha value is -1.01. The lowest BCUT2D eigenvalue weighted by Gasteiger charge is -2.32. The van der Waals surface area contributed by atoms with Crippen LogP contribution in [0.3, 0.4) is 0 Å². The third kappa shape index (κ3) is 2.87. The number of aromatic nitrogens is 1. The Morgan fingerprint density at radius 3 is 2.72 bits per heavy atom. The van der Waals surface area contributed by atoms with Crippen LogP contribution >= 0.6 is 11.6 Å². The molecule has 0 radical (unpaired) electrons. The van der Waals surface area contributed by atoms with Crippen LogP contribution in [0, 0.1) is 0 Å². The van der Waals surface area contributed by atoms with E-state index in [9.17, 15) is 13.2 Å². The molecule has 0 aliphatic carbocycles. The van der Waals surface area contributed by atoms with Gasteiger partial charge in [0.15, 0.2) is 0 Å². The molecule has 0 bridgehead atoms. The number of halogens is 4. The van der Waals surface area contributed by atoms with E-state index in [-0.39, 0.29) is 11.1 Å². The largest absolute Gasteiger partial charge is 0.417 e. The summed E-state index contributed by atoms with van der Waals surface area (Å²) >= 11 is 5.87. The van der Waals surface area contributed by atoms with E-state index in [0.717, 1.165) is 25.1 Å². The predicted octanol–water partition coefficient (Wildman–Crippen LogP) is 2.68. The van der Waals surface area contributed by atoms with Crippen molar-refractivity contribution < 1.29 is 13.2 Å². The number of rotatable bonds is 1. The lowest BCUT2D eigenvalue weighted by atomic mass is 10.1. The summed E-state index contributed by atoms with van der Waals surface area (Å²) < 4.78 is 37.4. The Kier molecular flexibility index (Phi) is 3.68. The first-order valence-electron chi connectivity index (χ1n) is 5.61. The monoisotopic (exact) mass is 279 g/mol. The van der Waals surface area contributed by atoms with E-state index in [4.69, 9.17) is 17.3 Å². The molecule has 0 spiro atoms. The van der Waals surface area contributed by atoms with Crippen LogP contribution in [0.1, 0.15) is 18.4 Å². The SMILES string of the molecule is N[C@@H]1CCCN(c2ncc(C(F)(F)F)cc2Cl)C1. The number of anilines is 1. The summed E-state index contributed by atoms with van der Waals surface area (Å²) in [4.78, 5) is 5.65. The van der Waals surface area contributed by atoms with Gasteiger partial charge < -0.3 is 10.6 Å². The molecule has 1 atom stereocenters. The molecule has 2 rings (SSSR count). The molecule has 3 nitrogen and oxygen atoms in total. The van der Waals surface area contributed by atoms with Crippen molar-refractivity contribution in [1.82, 2.24) is 4.98 Å².